The molecule has 2 rings (SSSR count). The van der Waals surface area contributed by atoms with Crippen molar-refractivity contribution >= 4 is 11.6 Å². The molecular weight excluding hydrogens is 242 g/mol. The lowest BCUT2D eigenvalue weighted by atomic mass is 10.1. The Morgan fingerprint density at radius 1 is 1.32 bits per heavy atom. The third-order valence-corrected chi connectivity index (χ3v) is 2.62. The molecule has 0 bridgehead atoms. The number of nitrogens with zero attached hydrogens (tertiary/aromatic N) is 1. The molecule has 0 aliphatic carbocycles. The first-order chi connectivity index (χ1) is 9.19. The van der Waals surface area contributed by atoms with Crippen LogP contribution in [0.4, 0.5) is 5.69 Å². The summed E-state index contributed by atoms with van der Waals surface area (Å²) < 4.78 is 5.17. The van der Waals surface area contributed by atoms with Gasteiger partial charge in [0.25, 0.3) is 0 Å². The Kier molecular flexibility index (Phi) is 4.30. The standard InChI is InChI=1S/C14H17N3O2/c1-3-15-8-14(18)17-12-6-4-11(5-7-12)13-9-19-10(2)16-13/h4-7,9,15H,3,8H2,1-2H3,(H,17,18). The Morgan fingerprint density at radius 3 is 2.63 bits per heavy atom. The summed E-state index contributed by atoms with van der Waals surface area (Å²) in [5, 5.41) is 5.79. The summed E-state index contributed by atoms with van der Waals surface area (Å²) in [5.74, 6) is 0.588. The highest BCUT2D eigenvalue weighted by molar-refractivity contribution is 5.92. The van der Waals surface area contributed by atoms with Crippen molar-refractivity contribution < 1.29 is 9.21 Å². The number of oxazole rings is 1. The molecule has 0 radical (unpaired) electrons. The fraction of sp³-hybridized carbons (Fsp3) is 0.286. The topological polar surface area (TPSA) is 67.2 Å². The van der Waals surface area contributed by atoms with Gasteiger partial charge in [-0.3, -0.25) is 4.79 Å². The molecule has 0 atom stereocenters. The van der Waals surface area contributed by atoms with Gasteiger partial charge in [0.2, 0.25) is 5.91 Å². The van der Waals surface area contributed by atoms with E-state index in [4.69, 9.17) is 4.42 Å². The van der Waals surface area contributed by atoms with Crippen LogP contribution in [0.5, 0.6) is 0 Å². The van der Waals surface area contributed by atoms with Gasteiger partial charge in [-0.2, -0.15) is 0 Å². The molecule has 0 aliphatic heterocycles. The minimum absolute atomic E-state index is 0.0492. The van der Waals surface area contributed by atoms with Crippen molar-refractivity contribution in [2.75, 3.05) is 18.4 Å². The maximum atomic E-state index is 11.5. The minimum atomic E-state index is -0.0492. The van der Waals surface area contributed by atoms with Crippen LogP contribution in [0.15, 0.2) is 34.9 Å². The molecule has 5 heteroatoms. The Labute approximate surface area is 112 Å². The lowest BCUT2D eigenvalue weighted by molar-refractivity contribution is -0.115. The van der Waals surface area contributed by atoms with Crippen LogP contribution in [0, 0.1) is 6.92 Å². The lowest BCUT2D eigenvalue weighted by Crippen LogP contribution is -2.27. The second-order valence-electron chi connectivity index (χ2n) is 4.16. The summed E-state index contributed by atoms with van der Waals surface area (Å²) in [6, 6.07) is 7.51. The van der Waals surface area contributed by atoms with Crippen LogP contribution in [0.3, 0.4) is 0 Å². The SMILES string of the molecule is CCNCC(=O)Nc1ccc(-c2coc(C)n2)cc1. The zero-order chi connectivity index (χ0) is 13.7. The van der Waals surface area contributed by atoms with Gasteiger partial charge in [0.1, 0.15) is 12.0 Å². The van der Waals surface area contributed by atoms with Crippen LogP contribution in [0.2, 0.25) is 0 Å². The van der Waals surface area contributed by atoms with Crippen molar-refractivity contribution in [2.45, 2.75) is 13.8 Å². The van der Waals surface area contributed by atoms with Gasteiger partial charge in [-0.05, 0) is 18.7 Å². The number of nitrogens with one attached hydrogen (secondary N) is 2. The summed E-state index contributed by atoms with van der Waals surface area (Å²) >= 11 is 0. The number of likely N-dealkylation sites (N-methyl/N-ethyl adjacent to an activating group) is 1. The molecule has 1 amide bonds. The predicted octanol–water partition coefficient (Wildman–Crippen LogP) is 2.20. The highest BCUT2D eigenvalue weighted by Crippen LogP contribution is 2.20. The van der Waals surface area contributed by atoms with Crippen molar-refractivity contribution in [3.8, 4) is 11.3 Å². The number of benzene rings is 1. The molecule has 5 nitrogen and oxygen atoms in total. The van der Waals surface area contributed by atoms with Gasteiger partial charge in [0, 0.05) is 18.2 Å². The molecule has 0 unspecified atom stereocenters. The minimum Gasteiger partial charge on any atom is -0.449 e. The third kappa shape index (κ3) is 3.66. The first kappa shape index (κ1) is 13.3. The third-order valence-electron chi connectivity index (χ3n) is 2.62. The molecule has 1 aromatic carbocycles. The molecule has 1 aromatic heterocycles. The van der Waals surface area contributed by atoms with E-state index in [0.717, 1.165) is 23.5 Å². The zero-order valence-electron chi connectivity index (χ0n) is 11.1. The number of rotatable bonds is 5. The van der Waals surface area contributed by atoms with Crippen LogP contribution in [-0.4, -0.2) is 24.0 Å². The quantitative estimate of drug-likeness (QED) is 0.863. The van der Waals surface area contributed by atoms with Gasteiger partial charge in [0.05, 0.1) is 6.54 Å². The molecule has 0 fully saturated rings. The van der Waals surface area contributed by atoms with Crippen molar-refractivity contribution in [3.05, 3.63) is 36.4 Å². The average Bonchev–Trinajstić information content (AvgIpc) is 2.84. The van der Waals surface area contributed by atoms with Gasteiger partial charge >= 0.3 is 0 Å². The largest absolute Gasteiger partial charge is 0.449 e. The number of hydrogen-bond acceptors (Lipinski definition) is 4. The molecule has 1 heterocycles. The molecule has 0 spiro atoms. The fourth-order valence-electron chi connectivity index (χ4n) is 1.66. The Morgan fingerprint density at radius 2 is 2.05 bits per heavy atom. The van der Waals surface area contributed by atoms with E-state index in [1.165, 1.54) is 0 Å². The second kappa shape index (κ2) is 6.15. The zero-order valence-corrected chi connectivity index (χ0v) is 11.1. The number of anilines is 1. The summed E-state index contributed by atoms with van der Waals surface area (Å²) in [6.07, 6.45) is 1.62. The Bertz CT molecular complexity index is 546. The second-order valence-corrected chi connectivity index (χ2v) is 4.16. The average molecular weight is 259 g/mol. The van der Waals surface area contributed by atoms with Crippen LogP contribution >= 0.6 is 0 Å². The van der Waals surface area contributed by atoms with Crippen LogP contribution in [-0.2, 0) is 4.79 Å². The Balaban J connectivity index is 2.00. The van der Waals surface area contributed by atoms with Crippen molar-refractivity contribution in [3.63, 3.8) is 0 Å². The summed E-state index contributed by atoms with van der Waals surface area (Å²) in [6.45, 7) is 4.86. The molecule has 0 aliphatic rings. The molecular formula is C14H17N3O2. The Hall–Kier alpha value is -2.14. The van der Waals surface area contributed by atoms with Crippen LogP contribution in [0.1, 0.15) is 12.8 Å². The number of aromatic nitrogens is 1. The van der Waals surface area contributed by atoms with Gasteiger partial charge in [-0.1, -0.05) is 19.1 Å². The number of carbonyl (C=O) groups excluding carboxylic acids is 1. The van der Waals surface area contributed by atoms with E-state index in [2.05, 4.69) is 15.6 Å². The summed E-state index contributed by atoms with van der Waals surface area (Å²) in [5.41, 5.74) is 2.52. The molecule has 0 saturated heterocycles. The van der Waals surface area contributed by atoms with Crippen LogP contribution < -0.4 is 10.6 Å². The van der Waals surface area contributed by atoms with Crippen LogP contribution in [0.25, 0.3) is 11.3 Å². The van der Waals surface area contributed by atoms with Gasteiger partial charge < -0.3 is 15.1 Å². The lowest BCUT2D eigenvalue weighted by Gasteiger charge is -2.06. The van der Waals surface area contributed by atoms with E-state index < -0.39 is 0 Å². The summed E-state index contributed by atoms with van der Waals surface area (Å²) in [4.78, 5) is 15.8. The maximum Gasteiger partial charge on any atom is 0.238 e. The normalized spacial score (nSPS) is 10.4. The van der Waals surface area contributed by atoms with Gasteiger partial charge in [0.15, 0.2) is 5.89 Å². The first-order valence-electron chi connectivity index (χ1n) is 6.22. The van der Waals surface area contributed by atoms with E-state index in [-0.39, 0.29) is 5.91 Å². The van der Waals surface area contributed by atoms with Crippen molar-refractivity contribution in [1.82, 2.24) is 10.3 Å². The van der Waals surface area contributed by atoms with Crippen molar-refractivity contribution in [2.24, 2.45) is 0 Å². The molecule has 0 saturated carbocycles. The smallest absolute Gasteiger partial charge is 0.238 e. The first-order valence-corrected chi connectivity index (χ1v) is 6.22. The summed E-state index contributed by atoms with van der Waals surface area (Å²) in [7, 11) is 0. The van der Waals surface area contributed by atoms with Gasteiger partial charge in [-0.25, -0.2) is 4.98 Å². The van der Waals surface area contributed by atoms with E-state index in [1.807, 2.05) is 31.2 Å². The fourth-order valence-corrected chi connectivity index (χ4v) is 1.66. The maximum absolute atomic E-state index is 11.5. The van der Waals surface area contributed by atoms with Crippen molar-refractivity contribution in [1.29, 1.82) is 0 Å². The van der Waals surface area contributed by atoms with E-state index in [1.54, 1.807) is 13.2 Å². The molecule has 100 valence electrons. The van der Waals surface area contributed by atoms with E-state index in [9.17, 15) is 4.79 Å². The monoisotopic (exact) mass is 259 g/mol. The van der Waals surface area contributed by atoms with Gasteiger partial charge in [-0.15, -0.1) is 0 Å². The predicted molar refractivity (Wildman–Crippen MR) is 73.8 cm³/mol. The van der Waals surface area contributed by atoms with E-state index >= 15 is 0 Å². The number of aryl methyl sites for hydroxylation is 1. The molecule has 19 heavy (non-hydrogen) atoms. The number of hydrogen-bond donors (Lipinski definition) is 2. The number of carbonyl (C=O) groups is 1. The highest BCUT2D eigenvalue weighted by atomic mass is 16.3. The molecule has 2 N–H and O–H groups in total. The van der Waals surface area contributed by atoms with E-state index in [0.29, 0.717) is 12.4 Å². The number of amides is 1. The highest BCUT2D eigenvalue weighted by Gasteiger charge is 2.04. The molecule has 2 aromatic rings.